The van der Waals surface area contributed by atoms with Crippen molar-refractivity contribution in [3.05, 3.63) is 47.0 Å². The van der Waals surface area contributed by atoms with Gasteiger partial charge in [-0.1, -0.05) is 34.8 Å². The molecule has 1 aliphatic rings. The minimum absolute atomic E-state index is 0. The molecular formula is C14H19ClN4S. The lowest BCUT2D eigenvalue weighted by Crippen LogP contribution is -2.23. The van der Waals surface area contributed by atoms with Crippen LogP contribution in [0.15, 0.2) is 35.7 Å². The minimum Gasteiger partial charge on any atom is -0.330 e. The van der Waals surface area contributed by atoms with Gasteiger partial charge < -0.3 is 5.73 Å². The molecule has 108 valence electrons. The van der Waals surface area contributed by atoms with E-state index in [0.717, 1.165) is 31.9 Å². The monoisotopic (exact) mass is 310 g/mol. The molecule has 2 aromatic rings. The molecule has 0 bridgehead atoms. The fourth-order valence-electron chi connectivity index (χ4n) is 2.89. The zero-order chi connectivity index (χ0) is 13.1. The van der Waals surface area contributed by atoms with Crippen molar-refractivity contribution in [1.29, 1.82) is 0 Å². The van der Waals surface area contributed by atoms with Gasteiger partial charge in [0.25, 0.3) is 0 Å². The van der Waals surface area contributed by atoms with Gasteiger partial charge in [0.15, 0.2) is 0 Å². The van der Waals surface area contributed by atoms with E-state index in [2.05, 4.69) is 44.8 Å². The second-order valence-electron chi connectivity index (χ2n) is 5.10. The molecule has 0 saturated carbocycles. The van der Waals surface area contributed by atoms with E-state index >= 15 is 0 Å². The van der Waals surface area contributed by atoms with Crippen molar-refractivity contribution in [2.24, 2.45) is 11.7 Å². The van der Waals surface area contributed by atoms with Gasteiger partial charge in [-0.15, -0.1) is 17.5 Å². The van der Waals surface area contributed by atoms with Gasteiger partial charge in [0.1, 0.15) is 0 Å². The summed E-state index contributed by atoms with van der Waals surface area (Å²) in [6, 6.07) is 10.7. The van der Waals surface area contributed by atoms with Crippen LogP contribution in [0, 0.1) is 5.92 Å². The van der Waals surface area contributed by atoms with Crippen LogP contribution in [-0.4, -0.2) is 34.1 Å². The molecule has 0 amide bonds. The van der Waals surface area contributed by atoms with Crippen molar-refractivity contribution >= 4 is 23.9 Å². The number of nitrogens with zero attached hydrogens (tertiary/aromatic N) is 3. The third-order valence-corrected chi connectivity index (χ3v) is 4.39. The van der Waals surface area contributed by atoms with Gasteiger partial charge >= 0.3 is 0 Å². The van der Waals surface area contributed by atoms with E-state index in [0.29, 0.717) is 11.8 Å². The van der Waals surface area contributed by atoms with Crippen LogP contribution in [0.2, 0.25) is 0 Å². The first kappa shape index (κ1) is 15.4. The van der Waals surface area contributed by atoms with Crippen LogP contribution in [0.25, 0.3) is 0 Å². The molecule has 0 radical (unpaired) electrons. The van der Waals surface area contributed by atoms with Crippen LogP contribution in [-0.2, 0) is 6.54 Å². The Hall–Kier alpha value is -1.01. The fraction of sp³-hybridized carbons (Fsp3) is 0.429. The second kappa shape index (κ2) is 7.13. The molecule has 0 aliphatic carbocycles. The smallest absolute Gasteiger partial charge is 0.0895 e. The molecule has 1 aromatic carbocycles. The zero-order valence-electron chi connectivity index (χ0n) is 11.2. The van der Waals surface area contributed by atoms with Crippen molar-refractivity contribution in [1.82, 2.24) is 14.5 Å². The molecule has 2 atom stereocenters. The Balaban J connectivity index is 0.00000147. The van der Waals surface area contributed by atoms with Crippen molar-refractivity contribution in [3.63, 3.8) is 0 Å². The average molecular weight is 311 g/mol. The van der Waals surface area contributed by atoms with Crippen LogP contribution >= 0.6 is 23.9 Å². The zero-order valence-corrected chi connectivity index (χ0v) is 12.8. The highest BCUT2D eigenvalue weighted by atomic mass is 35.5. The third kappa shape index (κ3) is 3.35. The molecule has 3 rings (SSSR count). The molecule has 1 saturated heterocycles. The van der Waals surface area contributed by atoms with E-state index in [-0.39, 0.29) is 12.4 Å². The lowest BCUT2D eigenvalue weighted by Gasteiger charge is -2.16. The summed E-state index contributed by atoms with van der Waals surface area (Å²) in [4.78, 5) is 2.44. The maximum atomic E-state index is 5.94. The summed E-state index contributed by atoms with van der Waals surface area (Å²) >= 11 is 1.41. The quantitative estimate of drug-likeness (QED) is 0.940. The van der Waals surface area contributed by atoms with Gasteiger partial charge in [-0.05, 0) is 29.6 Å². The number of halogens is 1. The number of aromatic nitrogens is 2. The first-order chi connectivity index (χ1) is 9.36. The molecule has 0 unspecified atom stereocenters. The van der Waals surface area contributed by atoms with Crippen molar-refractivity contribution in [2.75, 3.05) is 19.6 Å². The Kier molecular flexibility index (Phi) is 5.48. The van der Waals surface area contributed by atoms with E-state index < -0.39 is 0 Å². The van der Waals surface area contributed by atoms with E-state index in [1.54, 1.807) is 0 Å². The highest BCUT2D eigenvalue weighted by Gasteiger charge is 2.32. The Labute approximate surface area is 129 Å². The number of benzene rings is 1. The third-order valence-electron chi connectivity index (χ3n) is 3.84. The minimum atomic E-state index is 0. The normalized spacial score (nSPS) is 22.6. The highest BCUT2D eigenvalue weighted by Crippen LogP contribution is 2.32. The van der Waals surface area contributed by atoms with Crippen LogP contribution in [0.5, 0.6) is 0 Å². The van der Waals surface area contributed by atoms with Crippen LogP contribution in [0.1, 0.15) is 17.2 Å². The SMILES string of the molecule is Cl.NC[C@@H]1CN(Cc2csnn2)C[C@H]1c1ccccc1. The first-order valence-corrected chi connectivity index (χ1v) is 7.44. The summed E-state index contributed by atoms with van der Waals surface area (Å²) in [5.74, 6) is 1.08. The van der Waals surface area contributed by atoms with Crippen LogP contribution < -0.4 is 5.73 Å². The van der Waals surface area contributed by atoms with Crippen LogP contribution in [0.4, 0.5) is 0 Å². The number of rotatable bonds is 4. The predicted molar refractivity (Wildman–Crippen MR) is 84.2 cm³/mol. The molecule has 6 heteroatoms. The summed E-state index contributed by atoms with van der Waals surface area (Å²) in [7, 11) is 0. The standard InChI is InChI=1S/C14H18N4S.ClH/c15-6-12-7-18(8-13-10-19-17-16-13)9-14(12)11-4-2-1-3-5-11;/h1-5,10,12,14H,6-9,15H2;1H/t12-,14+;/m1./s1. The maximum absolute atomic E-state index is 5.94. The predicted octanol–water partition coefficient (Wildman–Crippen LogP) is 2.13. The number of hydrogen-bond donors (Lipinski definition) is 1. The molecule has 1 fully saturated rings. The summed E-state index contributed by atoms with van der Waals surface area (Å²) in [5, 5.41) is 6.15. The number of nitrogens with two attached hydrogens (primary N) is 1. The molecule has 1 aromatic heterocycles. The Morgan fingerprint density at radius 2 is 2.05 bits per heavy atom. The number of likely N-dealkylation sites (tertiary alicyclic amines) is 1. The van der Waals surface area contributed by atoms with Gasteiger partial charge in [0.2, 0.25) is 0 Å². The lowest BCUT2D eigenvalue weighted by molar-refractivity contribution is 0.313. The highest BCUT2D eigenvalue weighted by molar-refractivity contribution is 7.03. The fourth-order valence-corrected chi connectivity index (χ4v) is 3.33. The molecule has 20 heavy (non-hydrogen) atoms. The molecular weight excluding hydrogens is 292 g/mol. The molecule has 0 spiro atoms. The second-order valence-corrected chi connectivity index (χ2v) is 5.71. The Morgan fingerprint density at radius 3 is 2.70 bits per heavy atom. The average Bonchev–Trinajstić information content (AvgIpc) is 3.09. The molecule has 4 nitrogen and oxygen atoms in total. The van der Waals surface area contributed by atoms with E-state index in [4.69, 9.17) is 5.73 Å². The Bertz CT molecular complexity index is 505. The summed E-state index contributed by atoms with van der Waals surface area (Å²) < 4.78 is 3.92. The molecule has 2 N–H and O–H groups in total. The maximum Gasteiger partial charge on any atom is 0.0895 e. The summed E-state index contributed by atoms with van der Waals surface area (Å²) in [6.45, 7) is 3.73. The summed E-state index contributed by atoms with van der Waals surface area (Å²) in [6.07, 6.45) is 0. The largest absolute Gasteiger partial charge is 0.330 e. The van der Waals surface area contributed by atoms with Crippen molar-refractivity contribution in [3.8, 4) is 0 Å². The van der Waals surface area contributed by atoms with Crippen molar-refractivity contribution in [2.45, 2.75) is 12.5 Å². The van der Waals surface area contributed by atoms with Crippen LogP contribution in [0.3, 0.4) is 0 Å². The van der Waals surface area contributed by atoms with Gasteiger partial charge in [-0.2, -0.15) is 0 Å². The topological polar surface area (TPSA) is 55.0 Å². The Morgan fingerprint density at radius 1 is 1.25 bits per heavy atom. The molecule has 1 aliphatic heterocycles. The first-order valence-electron chi connectivity index (χ1n) is 6.60. The van der Waals surface area contributed by atoms with E-state index in [1.807, 2.05) is 5.38 Å². The van der Waals surface area contributed by atoms with Crippen molar-refractivity contribution < 1.29 is 0 Å². The van der Waals surface area contributed by atoms with Gasteiger partial charge in [-0.3, -0.25) is 4.90 Å². The van der Waals surface area contributed by atoms with Gasteiger partial charge in [0, 0.05) is 30.9 Å². The number of hydrogen-bond acceptors (Lipinski definition) is 5. The van der Waals surface area contributed by atoms with E-state index in [1.165, 1.54) is 17.1 Å². The molecule has 2 heterocycles. The lowest BCUT2D eigenvalue weighted by atomic mass is 9.89. The summed E-state index contributed by atoms with van der Waals surface area (Å²) in [5.41, 5.74) is 8.41. The van der Waals surface area contributed by atoms with Gasteiger partial charge in [-0.25, -0.2) is 0 Å². The van der Waals surface area contributed by atoms with Gasteiger partial charge in [0.05, 0.1) is 5.69 Å². The van der Waals surface area contributed by atoms with E-state index in [9.17, 15) is 0 Å².